The fourth-order valence-electron chi connectivity index (χ4n) is 2.01. The molecule has 0 aliphatic rings. The van der Waals surface area contributed by atoms with E-state index in [0.29, 0.717) is 10.0 Å². The average Bonchev–Trinajstić information content (AvgIpc) is 2.39. The second-order valence-corrected chi connectivity index (χ2v) is 5.25. The van der Waals surface area contributed by atoms with Crippen LogP contribution in [0.3, 0.4) is 0 Å². The summed E-state index contributed by atoms with van der Waals surface area (Å²) < 4.78 is 0. The monoisotopic (exact) mass is 294 g/mol. The Labute approximate surface area is 123 Å². The van der Waals surface area contributed by atoms with E-state index in [1.807, 2.05) is 24.4 Å². The molecule has 4 heteroatoms. The van der Waals surface area contributed by atoms with Crippen molar-refractivity contribution in [2.75, 3.05) is 6.54 Å². The molecule has 1 aromatic carbocycles. The Hall–Kier alpha value is -1.09. The molecule has 0 fully saturated rings. The van der Waals surface area contributed by atoms with Crippen LogP contribution in [0.1, 0.15) is 30.5 Å². The first kappa shape index (κ1) is 14.3. The number of rotatable bonds is 5. The molecule has 0 bridgehead atoms. The zero-order chi connectivity index (χ0) is 13.7. The first-order chi connectivity index (χ1) is 9.20. The highest BCUT2D eigenvalue weighted by atomic mass is 35.5. The fraction of sp³-hybridized carbons (Fsp3) is 0.267. The molecule has 0 spiro atoms. The van der Waals surface area contributed by atoms with Crippen LogP contribution >= 0.6 is 23.2 Å². The third-order valence-corrected chi connectivity index (χ3v) is 3.27. The lowest BCUT2D eigenvalue weighted by molar-refractivity contribution is 0.597. The summed E-state index contributed by atoms with van der Waals surface area (Å²) in [5.41, 5.74) is 2.16. The zero-order valence-corrected chi connectivity index (χ0v) is 12.2. The largest absolute Gasteiger partial charge is 0.306 e. The van der Waals surface area contributed by atoms with E-state index in [4.69, 9.17) is 23.2 Å². The summed E-state index contributed by atoms with van der Waals surface area (Å²) in [6.07, 6.45) is 4.69. The number of pyridine rings is 1. The molecule has 0 aliphatic carbocycles. The van der Waals surface area contributed by atoms with Gasteiger partial charge in [-0.25, -0.2) is 0 Å². The SMILES string of the molecule is CCCNC(c1cccnc1)c1cc(Cl)cc(Cl)c1. The van der Waals surface area contributed by atoms with Crippen molar-refractivity contribution < 1.29 is 0 Å². The van der Waals surface area contributed by atoms with Crippen molar-refractivity contribution in [2.24, 2.45) is 0 Å². The Morgan fingerprint density at radius 3 is 2.47 bits per heavy atom. The maximum Gasteiger partial charge on any atom is 0.0593 e. The van der Waals surface area contributed by atoms with Gasteiger partial charge >= 0.3 is 0 Å². The molecule has 0 saturated heterocycles. The quantitative estimate of drug-likeness (QED) is 0.880. The molecule has 1 atom stereocenters. The van der Waals surface area contributed by atoms with Crippen LogP contribution in [0, 0.1) is 0 Å². The molecule has 2 aromatic rings. The van der Waals surface area contributed by atoms with E-state index in [2.05, 4.69) is 23.3 Å². The van der Waals surface area contributed by atoms with Crippen molar-refractivity contribution in [2.45, 2.75) is 19.4 Å². The summed E-state index contributed by atoms with van der Waals surface area (Å²) in [4.78, 5) is 4.18. The van der Waals surface area contributed by atoms with Gasteiger partial charge in [-0.2, -0.15) is 0 Å². The van der Waals surface area contributed by atoms with Gasteiger partial charge in [0.15, 0.2) is 0 Å². The lowest BCUT2D eigenvalue weighted by atomic mass is 10.00. The number of nitrogens with zero attached hydrogens (tertiary/aromatic N) is 1. The van der Waals surface area contributed by atoms with Crippen molar-refractivity contribution >= 4 is 23.2 Å². The maximum absolute atomic E-state index is 6.09. The first-order valence-electron chi connectivity index (χ1n) is 6.30. The smallest absolute Gasteiger partial charge is 0.0593 e. The van der Waals surface area contributed by atoms with Crippen LogP contribution in [-0.2, 0) is 0 Å². The molecule has 1 aromatic heterocycles. The van der Waals surface area contributed by atoms with Crippen molar-refractivity contribution in [3.05, 3.63) is 63.9 Å². The second kappa shape index (κ2) is 6.90. The van der Waals surface area contributed by atoms with Crippen LogP contribution in [0.4, 0.5) is 0 Å². The van der Waals surface area contributed by atoms with E-state index in [1.54, 1.807) is 12.3 Å². The van der Waals surface area contributed by atoms with Crippen LogP contribution < -0.4 is 5.32 Å². The van der Waals surface area contributed by atoms with E-state index in [1.165, 1.54) is 0 Å². The molecule has 1 heterocycles. The first-order valence-corrected chi connectivity index (χ1v) is 7.05. The van der Waals surface area contributed by atoms with Gasteiger partial charge in [-0.15, -0.1) is 0 Å². The predicted molar refractivity (Wildman–Crippen MR) is 80.8 cm³/mol. The summed E-state index contributed by atoms with van der Waals surface area (Å²) >= 11 is 12.2. The maximum atomic E-state index is 6.09. The van der Waals surface area contributed by atoms with Gasteiger partial charge in [0.1, 0.15) is 0 Å². The van der Waals surface area contributed by atoms with E-state index < -0.39 is 0 Å². The normalized spacial score (nSPS) is 12.4. The summed E-state index contributed by atoms with van der Waals surface area (Å²) in [7, 11) is 0. The molecule has 19 heavy (non-hydrogen) atoms. The minimum absolute atomic E-state index is 0.0600. The van der Waals surface area contributed by atoms with Gasteiger partial charge in [-0.3, -0.25) is 4.98 Å². The number of benzene rings is 1. The van der Waals surface area contributed by atoms with E-state index >= 15 is 0 Å². The van der Waals surface area contributed by atoms with Gasteiger partial charge in [0.25, 0.3) is 0 Å². The number of aromatic nitrogens is 1. The van der Waals surface area contributed by atoms with Crippen LogP contribution in [0.5, 0.6) is 0 Å². The van der Waals surface area contributed by atoms with Crippen molar-refractivity contribution in [3.63, 3.8) is 0 Å². The molecular weight excluding hydrogens is 279 g/mol. The summed E-state index contributed by atoms with van der Waals surface area (Å²) in [5, 5.41) is 4.79. The van der Waals surface area contributed by atoms with Gasteiger partial charge in [-0.1, -0.05) is 36.2 Å². The third kappa shape index (κ3) is 3.93. The minimum atomic E-state index is 0.0600. The number of halogens is 2. The van der Waals surface area contributed by atoms with Gasteiger partial charge in [-0.05, 0) is 48.4 Å². The highest BCUT2D eigenvalue weighted by molar-refractivity contribution is 6.34. The van der Waals surface area contributed by atoms with Gasteiger partial charge in [0, 0.05) is 22.4 Å². The molecule has 2 rings (SSSR count). The van der Waals surface area contributed by atoms with Crippen LogP contribution in [-0.4, -0.2) is 11.5 Å². The average molecular weight is 295 g/mol. The molecule has 2 nitrogen and oxygen atoms in total. The zero-order valence-electron chi connectivity index (χ0n) is 10.7. The molecule has 0 amide bonds. The van der Waals surface area contributed by atoms with Gasteiger partial charge < -0.3 is 5.32 Å². The molecule has 1 N–H and O–H groups in total. The highest BCUT2D eigenvalue weighted by Gasteiger charge is 2.14. The van der Waals surface area contributed by atoms with Gasteiger partial charge in [0.2, 0.25) is 0 Å². The number of nitrogens with one attached hydrogen (secondary N) is 1. The van der Waals surface area contributed by atoms with Crippen LogP contribution in [0.15, 0.2) is 42.7 Å². The van der Waals surface area contributed by atoms with Crippen LogP contribution in [0.25, 0.3) is 0 Å². The highest BCUT2D eigenvalue weighted by Crippen LogP contribution is 2.27. The minimum Gasteiger partial charge on any atom is -0.306 e. The van der Waals surface area contributed by atoms with E-state index in [9.17, 15) is 0 Å². The van der Waals surface area contributed by atoms with Crippen molar-refractivity contribution in [1.29, 1.82) is 0 Å². The lowest BCUT2D eigenvalue weighted by Gasteiger charge is -2.19. The Morgan fingerprint density at radius 2 is 1.89 bits per heavy atom. The molecule has 0 aliphatic heterocycles. The second-order valence-electron chi connectivity index (χ2n) is 4.38. The Morgan fingerprint density at radius 1 is 1.16 bits per heavy atom. The van der Waals surface area contributed by atoms with Crippen molar-refractivity contribution in [3.8, 4) is 0 Å². The molecule has 0 radical (unpaired) electrons. The third-order valence-electron chi connectivity index (χ3n) is 2.83. The Balaban J connectivity index is 2.36. The van der Waals surface area contributed by atoms with Gasteiger partial charge in [0.05, 0.1) is 6.04 Å². The molecular formula is C15H16Cl2N2. The lowest BCUT2D eigenvalue weighted by Crippen LogP contribution is -2.23. The fourth-order valence-corrected chi connectivity index (χ4v) is 2.55. The molecule has 1 unspecified atom stereocenters. The summed E-state index contributed by atoms with van der Waals surface area (Å²) in [6, 6.07) is 9.66. The van der Waals surface area contributed by atoms with Crippen LogP contribution in [0.2, 0.25) is 10.0 Å². The number of hydrogen-bond acceptors (Lipinski definition) is 2. The molecule has 100 valence electrons. The Bertz CT molecular complexity index is 509. The predicted octanol–water partition coefficient (Wildman–Crippen LogP) is 4.48. The Kier molecular flexibility index (Phi) is 5.20. The summed E-state index contributed by atoms with van der Waals surface area (Å²) in [5.74, 6) is 0. The van der Waals surface area contributed by atoms with E-state index in [0.717, 1.165) is 24.1 Å². The van der Waals surface area contributed by atoms with E-state index in [-0.39, 0.29) is 6.04 Å². The topological polar surface area (TPSA) is 24.9 Å². The summed E-state index contributed by atoms with van der Waals surface area (Å²) in [6.45, 7) is 3.06. The molecule has 0 saturated carbocycles. The number of hydrogen-bond donors (Lipinski definition) is 1. The standard InChI is InChI=1S/C15H16Cl2N2/c1-2-5-19-15(11-4-3-6-18-10-11)12-7-13(16)9-14(17)8-12/h3-4,6-10,15,19H,2,5H2,1H3. The van der Waals surface area contributed by atoms with Crippen molar-refractivity contribution in [1.82, 2.24) is 10.3 Å².